The van der Waals surface area contributed by atoms with E-state index in [1.54, 1.807) is 25.3 Å². The summed E-state index contributed by atoms with van der Waals surface area (Å²) in [7, 11) is 1.57. The van der Waals surface area contributed by atoms with E-state index < -0.39 is 0 Å². The van der Waals surface area contributed by atoms with Crippen LogP contribution in [0.15, 0.2) is 71.1 Å². The van der Waals surface area contributed by atoms with Gasteiger partial charge in [0, 0.05) is 22.5 Å². The molecule has 1 aromatic heterocycles. The number of methoxy groups -OCH3 is 1. The van der Waals surface area contributed by atoms with Gasteiger partial charge in [0.2, 0.25) is 0 Å². The minimum absolute atomic E-state index is 0.204. The van der Waals surface area contributed by atoms with Gasteiger partial charge >= 0.3 is 0 Å². The van der Waals surface area contributed by atoms with Crippen LogP contribution in [0.1, 0.15) is 35.3 Å². The van der Waals surface area contributed by atoms with Crippen molar-refractivity contribution in [2.24, 2.45) is 5.92 Å². The van der Waals surface area contributed by atoms with Gasteiger partial charge in [-0.1, -0.05) is 74.0 Å². The third kappa shape index (κ3) is 5.24. The van der Waals surface area contributed by atoms with Crippen LogP contribution in [0.3, 0.4) is 0 Å². The first-order chi connectivity index (χ1) is 16.9. The van der Waals surface area contributed by atoms with Gasteiger partial charge in [0.05, 0.1) is 24.3 Å². The van der Waals surface area contributed by atoms with Gasteiger partial charge in [-0.15, -0.1) is 0 Å². The number of nitrogens with one attached hydrogen (secondary N) is 1. The Balaban J connectivity index is 1.76. The summed E-state index contributed by atoms with van der Waals surface area (Å²) >= 11 is 5.96. The molecule has 176 valence electrons. The molecule has 0 saturated heterocycles. The van der Waals surface area contributed by atoms with Crippen LogP contribution in [-0.2, 0) is 0 Å². The van der Waals surface area contributed by atoms with Gasteiger partial charge in [0.1, 0.15) is 5.76 Å². The maximum Gasteiger partial charge on any atom is 0.255 e. The molecule has 0 unspecified atom stereocenters. The molecule has 35 heavy (non-hydrogen) atoms. The average Bonchev–Trinajstić information content (AvgIpc) is 3.27. The Bertz CT molecular complexity index is 1430. The van der Waals surface area contributed by atoms with Gasteiger partial charge in [-0.05, 0) is 41.3 Å². The lowest BCUT2D eigenvalue weighted by molar-refractivity contribution is 0.0950. The largest absolute Gasteiger partial charge is 0.493 e. The van der Waals surface area contributed by atoms with Gasteiger partial charge in [0.15, 0.2) is 11.3 Å². The molecule has 1 heterocycles. The second-order valence-electron chi connectivity index (χ2n) is 8.55. The van der Waals surface area contributed by atoms with E-state index in [1.165, 1.54) is 0 Å². The van der Waals surface area contributed by atoms with Gasteiger partial charge < -0.3 is 14.5 Å². The summed E-state index contributed by atoms with van der Waals surface area (Å²) in [6, 6.07) is 22.4. The number of furan rings is 1. The summed E-state index contributed by atoms with van der Waals surface area (Å²) < 4.78 is 11.7. The molecule has 0 saturated carbocycles. The number of hydrogen-bond donors (Lipinski definition) is 1. The van der Waals surface area contributed by atoms with Crippen LogP contribution < -0.4 is 10.1 Å². The number of carbonyl (C=O) groups is 1. The summed E-state index contributed by atoms with van der Waals surface area (Å²) in [6.07, 6.45) is 1.81. The highest BCUT2D eigenvalue weighted by atomic mass is 35.5. The van der Waals surface area contributed by atoms with E-state index in [-0.39, 0.29) is 5.91 Å². The van der Waals surface area contributed by atoms with Crippen molar-refractivity contribution < 1.29 is 13.9 Å². The van der Waals surface area contributed by atoms with Crippen molar-refractivity contribution in [2.45, 2.75) is 13.8 Å². The zero-order chi connectivity index (χ0) is 24.9. The van der Waals surface area contributed by atoms with Crippen LogP contribution in [0, 0.1) is 17.2 Å². The Morgan fingerprint density at radius 1 is 1.11 bits per heavy atom. The Kier molecular flexibility index (Phi) is 7.24. The predicted molar refractivity (Wildman–Crippen MR) is 140 cm³/mol. The first kappa shape index (κ1) is 24.1. The fourth-order valence-electron chi connectivity index (χ4n) is 3.78. The van der Waals surface area contributed by atoms with Gasteiger partial charge in [0.25, 0.3) is 5.91 Å². The number of ether oxygens (including phenoxy) is 1. The van der Waals surface area contributed by atoms with E-state index >= 15 is 0 Å². The first-order valence-corrected chi connectivity index (χ1v) is 11.6. The summed E-state index contributed by atoms with van der Waals surface area (Å²) in [6.45, 7) is 4.64. The molecule has 0 aliphatic heterocycles. The molecule has 0 aliphatic rings. The quantitative estimate of drug-likeness (QED) is 0.222. The number of nitriles is 1. The number of amides is 1. The highest BCUT2D eigenvalue weighted by molar-refractivity contribution is 6.30. The highest BCUT2D eigenvalue weighted by Gasteiger charge is 2.24. The number of nitrogens with zero attached hydrogens (tertiary/aromatic N) is 1. The van der Waals surface area contributed by atoms with E-state index in [9.17, 15) is 10.1 Å². The highest BCUT2D eigenvalue weighted by Crippen LogP contribution is 2.38. The second-order valence-corrected chi connectivity index (χ2v) is 8.98. The van der Waals surface area contributed by atoms with Gasteiger partial charge in [-0.3, -0.25) is 4.79 Å². The van der Waals surface area contributed by atoms with Gasteiger partial charge in [-0.25, -0.2) is 0 Å². The number of para-hydroxylation sites is 1. The van der Waals surface area contributed by atoms with Crippen molar-refractivity contribution in [1.82, 2.24) is 5.32 Å². The zero-order valence-electron chi connectivity index (χ0n) is 19.8. The van der Waals surface area contributed by atoms with Crippen molar-refractivity contribution >= 4 is 40.1 Å². The topological polar surface area (TPSA) is 75.3 Å². The summed E-state index contributed by atoms with van der Waals surface area (Å²) in [5.41, 5.74) is 3.85. The van der Waals surface area contributed by atoms with E-state index in [1.807, 2.05) is 68.5 Å². The number of allylic oxidation sites excluding steroid dienone is 1. The van der Waals surface area contributed by atoms with Crippen LogP contribution >= 0.6 is 11.6 Å². The number of hydrogen-bond acceptors (Lipinski definition) is 4. The molecule has 4 aromatic rings. The third-order valence-electron chi connectivity index (χ3n) is 5.56. The molecular weight excluding hydrogens is 460 g/mol. The van der Waals surface area contributed by atoms with E-state index in [2.05, 4.69) is 11.4 Å². The molecule has 0 fully saturated rings. The first-order valence-electron chi connectivity index (χ1n) is 11.3. The molecule has 4 rings (SSSR count). The van der Waals surface area contributed by atoms with Crippen molar-refractivity contribution in [3.63, 3.8) is 0 Å². The molecule has 0 bridgehead atoms. The molecular formula is C29H25ClN2O3. The number of carbonyl (C=O) groups excluding carboxylic acids is 1. The molecule has 3 aromatic carbocycles. The molecule has 0 aliphatic carbocycles. The third-order valence-corrected chi connectivity index (χ3v) is 5.81. The SMILES string of the molecule is COc1cccc2c(C(=O)NCC(C)C)c(-c3ccc(/C(C#N)=C/c4ccc(Cl)cc4)cc3)oc12. The number of benzene rings is 3. The predicted octanol–water partition coefficient (Wildman–Crippen LogP) is 7.21. The maximum absolute atomic E-state index is 13.2. The number of halogens is 1. The van der Waals surface area contributed by atoms with Crippen LogP contribution in [0.5, 0.6) is 5.75 Å². The number of fused-ring (bicyclic) bond motifs is 1. The molecule has 6 heteroatoms. The van der Waals surface area contributed by atoms with Crippen molar-refractivity contribution in [3.05, 3.63) is 88.4 Å². The van der Waals surface area contributed by atoms with E-state index in [4.69, 9.17) is 20.8 Å². The molecule has 1 N–H and O–H groups in total. The monoisotopic (exact) mass is 484 g/mol. The molecule has 0 atom stereocenters. The Morgan fingerprint density at radius 2 is 1.83 bits per heavy atom. The summed E-state index contributed by atoms with van der Waals surface area (Å²) in [4.78, 5) is 13.2. The van der Waals surface area contributed by atoms with Crippen LogP contribution in [-0.4, -0.2) is 19.6 Å². The van der Waals surface area contributed by atoms with Crippen LogP contribution in [0.4, 0.5) is 0 Å². The maximum atomic E-state index is 13.2. The minimum atomic E-state index is -0.204. The fraction of sp³-hybridized carbons (Fsp3) is 0.172. The molecule has 5 nitrogen and oxygen atoms in total. The molecule has 0 spiro atoms. The van der Waals surface area contributed by atoms with Crippen molar-refractivity contribution in [3.8, 4) is 23.1 Å². The standard InChI is InChI=1S/C29H25ClN2O3/c1-18(2)17-32-29(33)26-24-5-4-6-25(34-3)28(24)35-27(26)21-11-9-20(10-12-21)22(16-31)15-19-7-13-23(30)14-8-19/h4-15,18H,17H2,1-3H3,(H,32,33)/b22-15+. The number of rotatable bonds is 7. The molecule has 0 radical (unpaired) electrons. The lowest BCUT2D eigenvalue weighted by atomic mass is 9.99. The minimum Gasteiger partial charge on any atom is -0.493 e. The normalized spacial score (nSPS) is 11.5. The van der Waals surface area contributed by atoms with Crippen LogP contribution in [0.2, 0.25) is 5.02 Å². The Morgan fingerprint density at radius 3 is 2.46 bits per heavy atom. The smallest absolute Gasteiger partial charge is 0.255 e. The summed E-state index contributed by atoms with van der Waals surface area (Å²) in [5, 5.41) is 14.0. The average molecular weight is 485 g/mol. The lowest BCUT2D eigenvalue weighted by Crippen LogP contribution is -2.27. The van der Waals surface area contributed by atoms with E-state index in [0.717, 1.165) is 16.7 Å². The Labute approximate surface area is 209 Å². The lowest BCUT2D eigenvalue weighted by Gasteiger charge is -2.09. The van der Waals surface area contributed by atoms with Crippen molar-refractivity contribution in [2.75, 3.05) is 13.7 Å². The Hall–Kier alpha value is -4.01. The molecule has 1 amide bonds. The van der Waals surface area contributed by atoms with Crippen LogP contribution in [0.25, 0.3) is 33.9 Å². The summed E-state index contributed by atoms with van der Waals surface area (Å²) in [5.74, 6) is 1.12. The van der Waals surface area contributed by atoms with Crippen molar-refractivity contribution in [1.29, 1.82) is 5.26 Å². The fourth-order valence-corrected chi connectivity index (χ4v) is 3.90. The zero-order valence-corrected chi connectivity index (χ0v) is 20.5. The van der Waals surface area contributed by atoms with E-state index in [0.29, 0.717) is 51.1 Å². The second kappa shape index (κ2) is 10.5. The van der Waals surface area contributed by atoms with Gasteiger partial charge in [-0.2, -0.15) is 5.26 Å².